The molecule has 0 unspecified atom stereocenters. The molecule has 0 spiro atoms. The van der Waals surface area contributed by atoms with Crippen molar-refractivity contribution in [2.75, 3.05) is 21.3 Å². The zero-order valence-corrected chi connectivity index (χ0v) is 17.0. The summed E-state index contributed by atoms with van der Waals surface area (Å²) in [6, 6.07) is 17.5. The van der Waals surface area contributed by atoms with Crippen molar-refractivity contribution in [2.45, 2.75) is 19.7 Å². The Bertz CT molecular complexity index is 916. The smallest absolute Gasteiger partial charge is 0.161 e. The molecule has 1 heterocycles. The van der Waals surface area contributed by atoms with Gasteiger partial charge in [0.05, 0.1) is 27.0 Å². The van der Waals surface area contributed by atoms with Crippen LogP contribution in [0.5, 0.6) is 23.0 Å². The summed E-state index contributed by atoms with van der Waals surface area (Å²) >= 11 is 0. The van der Waals surface area contributed by atoms with Crippen LogP contribution in [0.3, 0.4) is 0 Å². The zero-order valence-electron chi connectivity index (χ0n) is 17.0. The van der Waals surface area contributed by atoms with Crippen molar-refractivity contribution in [3.8, 4) is 23.0 Å². The molecule has 29 heavy (non-hydrogen) atoms. The lowest BCUT2D eigenvalue weighted by atomic mass is 10.1. The predicted molar refractivity (Wildman–Crippen MR) is 112 cm³/mol. The molecule has 0 saturated heterocycles. The monoisotopic (exact) mass is 394 g/mol. The van der Waals surface area contributed by atoms with Crippen molar-refractivity contribution in [3.63, 3.8) is 0 Å². The number of nitrogens with zero attached hydrogens (tertiary/aromatic N) is 1. The Morgan fingerprint density at radius 2 is 1.62 bits per heavy atom. The Labute approximate surface area is 171 Å². The average molecular weight is 394 g/mol. The Hall–Kier alpha value is -3.25. The topological polar surface area (TPSA) is 61.8 Å². The van der Waals surface area contributed by atoms with Gasteiger partial charge in [-0.15, -0.1) is 0 Å². The number of hydrogen-bond donors (Lipinski definition) is 1. The first-order valence-corrected chi connectivity index (χ1v) is 9.34. The van der Waals surface area contributed by atoms with Gasteiger partial charge in [-0.25, -0.2) is 0 Å². The summed E-state index contributed by atoms with van der Waals surface area (Å²) in [6.45, 7) is 1.72. The molecule has 0 radical (unpaired) electrons. The van der Waals surface area contributed by atoms with Crippen molar-refractivity contribution in [1.29, 1.82) is 0 Å². The lowest BCUT2D eigenvalue weighted by Gasteiger charge is -2.14. The van der Waals surface area contributed by atoms with Crippen LogP contribution in [-0.2, 0) is 19.7 Å². The minimum Gasteiger partial charge on any atom is -0.497 e. The number of rotatable bonds is 10. The number of nitrogens with one attached hydrogen (secondary N) is 1. The van der Waals surface area contributed by atoms with Crippen molar-refractivity contribution in [1.82, 2.24) is 10.3 Å². The van der Waals surface area contributed by atoms with E-state index in [-0.39, 0.29) is 0 Å². The van der Waals surface area contributed by atoms with Gasteiger partial charge in [-0.05, 0) is 48.0 Å². The molecule has 0 fully saturated rings. The molecule has 0 saturated carbocycles. The number of ether oxygens (including phenoxy) is 4. The average Bonchev–Trinajstić information content (AvgIpc) is 2.78. The van der Waals surface area contributed by atoms with Gasteiger partial charge in [0.1, 0.15) is 18.1 Å². The van der Waals surface area contributed by atoms with Gasteiger partial charge in [0, 0.05) is 24.8 Å². The van der Waals surface area contributed by atoms with Crippen LogP contribution >= 0.6 is 0 Å². The van der Waals surface area contributed by atoms with E-state index in [0.29, 0.717) is 31.2 Å². The molecular formula is C23H26N2O4. The summed E-state index contributed by atoms with van der Waals surface area (Å²) in [5.74, 6) is 3.02. The second-order valence-corrected chi connectivity index (χ2v) is 6.38. The number of benzene rings is 2. The maximum atomic E-state index is 6.00. The van der Waals surface area contributed by atoms with Gasteiger partial charge in [-0.2, -0.15) is 0 Å². The number of hydrogen-bond acceptors (Lipinski definition) is 6. The highest BCUT2D eigenvalue weighted by atomic mass is 16.5. The molecule has 6 nitrogen and oxygen atoms in total. The van der Waals surface area contributed by atoms with Gasteiger partial charge in [-0.3, -0.25) is 4.98 Å². The van der Waals surface area contributed by atoms with Gasteiger partial charge in [0.2, 0.25) is 0 Å². The van der Waals surface area contributed by atoms with E-state index in [1.165, 1.54) is 0 Å². The first-order chi connectivity index (χ1) is 14.2. The van der Waals surface area contributed by atoms with Crippen molar-refractivity contribution in [3.05, 3.63) is 77.6 Å². The second kappa shape index (κ2) is 10.3. The zero-order chi connectivity index (χ0) is 20.5. The fraction of sp³-hybridized carbons (Fsp3) is 0.261. The molecule has 0 atom stereocenters. The molecular weight excluding hydrogens is 368 g/mol. The molecule has 1 aromatic heterocycles. The van der Waals surface area contributed by atoms with E-state index in [1.807, 2.05) is 54.6 Å². The molecule has 6 heteroatoms. The molecule has 3 rings (SSSR count). The Morgan fingerprint density at radius 3 is 2.34 bits per heavy atom. The lowest BCUT2D eigenvalue weighted by molar-refractivity contribution is 0.296. The Balaban J connectivity index is 1.66. The van der Waals surface area contributed by atoms with Crippen LogP contribution in [0, 0.1) is 0 Å². The van der Waals surface area contributed by atoms with E-state index in [4.69, 9.17) is 18.9 Å². The maximum absolute atomic E-state index is 6.00. The fourth-order valence-electron chi connectivity index (χ4n) is 2.93. The highest BCUT2D eigenvalue weighted by Crippen LogP contribution is 2.28. The quantitative estimate of drug-likeness (QED) is 0.561. The number of aromatic nitrogens is 1. The second-order valence-electron chi connectivity index (χ2n) is 6.38. The first kappa shape index (κ1) is 20.5. The Kier molecular flexibility index (Phi) is 7.30. The van der Waals surface area contributed by atoms with Crippen LogP contribution in [0.2, 0.25) is 0 Å². The summed E-state index contributed by atoms with van der Waals surface area (Å²) in [5.41, 5.74) is 3.00. The standard InChI is InChI=1S/C23H26N2O4/c1-26-20-8-10-21(29-16-19-6-4-5-11-25-19)18(13-20)15-24-14-17-7-9-22(27-2)23(12-17)28-3/h4-13,24H,14-16H2,1-3H3. The third kappa shape index (κ3) is 5.62. The van der Waals surface area contributed by atoms with Crippen LogP contribution in [0.25, 0.3) is 0 Å². The van der Waals surface area contributed by atoms with Gasteiger partial charge in [0.15, 0.2) is 11.5 Å². The van der Waals surface area contributed by atoms with Gasteiger partial charge >= 0.3 is 0 Å². The summed E-state index contributed by atoms with van der Waals surface area (Å²) < 4.78 is 22.0. The van der Waals surface area contributed by atoms with Crippen molar-refractivity contribution >= 4 is 0 Å². The number of methoxy groups -OCH3 is 3. The molecule has 0 aliphatic heterocycles. The SMILES string of the molecule is COc1ccc(OCc2ccccn2)c(CNCc2ccc(OC)c(OC)c2)c1. The molecule has 1 N–H and O–H groups in total. The Morgan fingerprint density at radius 1 is 0.793 bits per heavy atom. The first-order valence-electron chi connectivity index (χ1n) is 9.34. The lowest BCUT2D eigenvalue weighted by Crippen LogP contribution is -2.14. The van der Waals surface area contributed by atoms with E-state index in [9.17, 15) is 0 Å². The maximum Gasteiger partial charge on any atom is 0.161 e. The van der Waals surface area contributed by atoms with E-state index >= 15 is 0 Å². The van der Waals surface area contributed by atoms with Gasteiger partial charge < -0.3 is 24.3 Å². The molecule has 2 aromatic carbocycles. The molecule has 0 aliphatic carbocycles. The van der Waals surface area contributed by atoms with Crippen LogP contribution in [0.15, 0.2) is 60.8 Å². The molecule has 3 aromatic rings. The molecule has 0 amide bonds. The molecule has 0 bridgehead atoms. The van der Waals surface area contributed by atoms with E-state index in [2.05, 4.69) is 10.3 Å². The van der Waals surface area contributed by atoms with Crippen LogP contribution in [-0.4, -0.2) is 26.3 Å². The van der Waals surface area contributed by atoms with Crippen molar-refractivity contribution in [2.24, 2.45) is 0 Å². The summed E-state index contributed by atoms with van der Waals surface area (Å²) in [5, 5.41) is 3.45. The highest BCUT2D eigenvalue weighted by Gasteiger charge is 2.08. The number of pyridine rings is 1. The van der Waals surface area contributed by atoms with Crippen LogP contribution in [0.1, 0.15) is 16.8 Å². The summed E-state index contributed by atoms with van der Waals surface area (Å²) in [4.78, 5) is 4.30. The minimum atomic E-state index is 0.413. The molecule has 0 aliphatic rings. The third-order valence-electron chi connectivity index (χ3n) is 4.46. The van der Waals surface area contributed by atoms with E-state index in [0.717, 1.165) is 28.3 Å². The van der Waals surface area contributed by atoms with Crippen LogP contribution in [0.4, 0.5) is 0 Å². The van der Waals surface area contributed by atoms with Gasteiger partial charge in [0.25, 0.3) is 0 Å². The summed E-state index contributed by atoms with van der Waals surface area (Å²) in [7, 11) is 4.92. The third-order valence-corrected chi connectivity index (χ3v) is 4.46. The fourth-order valence-corrected chi connectivity index (χ4v) is 2.93. The highest BCUT2D eigenvalue weighted by molar-refractivity contribution is 5.43. The van der Waals surface area contributed by atoms with Crippen LogP contribution < -0.4 is 24.3 Å². The van der Waals surface area contributed by atoms with E-state index < -0.39 is 0 Å². The summed E-state index contributed by atoms with van der Waals surface area (Å²) in [6.07, 6.45) is 1.76. The normalized spacial score (nSPS) is 10.4. The van der Waals surface area contributed by atoms with Gasteiger partial charge in [-0.1, -0.05) is 12.1 Å². The largest absolute Gasteiger partial charge is 0.497 e. The predicted octanol–water partition coefficient (Wildman–Crippen LogP) is 3.98. The molecule has 152 valence electrons. The van der Waals surface area contributed by atoms with Crippen molar-refractivity contribution < 1.29 is 18.9 Å². The minimum absolute atomic E-state index is 0.413. The van der Waals surface area contributed by atoms with E-state index in [1.54, 1.807) is 27.5 Å².